The molecular weight excluding hydrogens is 286 g/mol. The summed E-state index contributed by atoms with van der Waals surface area (Å²) < 4.78 is 0.588. The molecule has 0 spiro atoms. The van der Waals surface area contributed by atoms with Gasteiger partial charge >= 0.3 is 0 Å². The van der Waals surface area contributed by atoms with Crippen molar-refractivity contribution in [2.45, 2.75) is 32.6 Å². The van der Waals surface area contributed by atoms with Crippen molar-refractivity contribution in [2.24, 2.45) is 5.10 Å². The van der Waals surface area contributed by atoms with Crippen molar-refractivity contribution in [2.75, 3.05) is 27.7 Å². The molecule has 0 heterocycles. The van der Waals surface area contributed by atoms with Crippen molar-refractivity contribution in [1.82, 2.24) is 5.43 Å². The molecule has 0 atom stereocenters. The van der Waals surface area contributed by atoms with Gasteiger partial charge in [0.2, 0.25) is 0 Å². The number of hydrogen-bond donors (Lipinski definition) is 1. The largest absolute Gasteiger partial charge is 0.323 e. The lowest BCUT2D eigenvalue weighted by Crippen LogP contribution is -2.43. The zero-order chi connectivity index (χ0) is 17.1. The van der Waals surface area contributed by atoms with E-state index in [-0.39, 0.29) is 5.91 Å². The summed E-state index contributed by atoms with van der Waals surface area (Å²) in [7, 11) is 5.94. The summed E-state index contributed by atoms with van der Waals surface area (Å²) in [4.78, 5) is 11.8. The van der Waals surface area contributed by atoms with E-state index in [4.69, 9.17) is 0 Å². The molecule has 0 radical (unpaired) electrons. The quantitative estimate of drug-likeness (QED) is 0.322. The van der Waals surface area contributed by atoms with E-state index in [2.05, 4.69) is 35.7 Å². The zero-order valence-electron chi connectivity index (χ0n) is 14.9. The van der Waals surface area contributed by atoms with Gasteiger partial charge in [0.1, 0.15) is 0 Å². The second kappa shape index (κ2) is 9.95. The molecule has 0 aliphatic carbocycles. The van der Waals surface area contributed by atoms with Gasteiger partial charge in [0.25, 0.3) is 5.91 Å². The highest BCUT2D eigenvalue weighted by atomic mass is 16.2. The highest BCUT2D eigenvalue weighted by Crippen LogP contribution is 2.12. The lowest BCUT2D eigenvalue weighted by Gasteiger charge is -2.22. The van der Waals surface area contributed by atoms with Crippen LogP contribution in [0.3, 0.4) is 0 Å². The number of hydrogen-bond acceptors (Lipinski definition) is 2. The van der Waals surface area contributed by atoms with Gasteiger partial charge in [-0.1, -0.05) is 56.2 Å². The fourth-order valence-corrected chi connectivity index (χ4v) is 2.17. The third-order valence-corrected chi connectivity index (χ3v) is 3.26. The van der Waals surface area contributed by atoms with Gasteiger partial charge in [0, 0.05) is 0 Å². The standard InChI is InChI=1S/C19H29N3O/c1-5-6-8-13-18(14-17-11-9-7-10-12-17)15-20-21-19(23)16-22(2,3)4/h7,9-12,14-15H,5-6,8,13,16H2,1-4H3/p+1/b18-14+,20-15+. The van der Waals surface area contributed by atoms with E-state index in [1.165, 1.54) is 12.8 Å². The number of nitrogens with one attached hydrogen (secondary N) is 1. The van der Waals surface area contributed by atoms with Crippen molar-refractivity contribution in [3.05, 3.63) is 41.5 Å². The molecule has 4 heteroatoms. The fraction of sp³-hybridized carbons (Fsp3) is 0.474. The summed E-state index contributed by atoms with van der Waals surface area (Å²) in [5.74, 6) is -0.0682. The number of unbranched alkanes of at least 4 members (excludes halogenated alkanes) is 2. The Balaban J connectivity index is 2.67. The Labute approximate surface area is 140 Å². The Kier molecular flexibility index (Phi) is 8.27. The number of benzene rings is 1. The van der Waals surface area contributed by atoms with E-state index in [0.717, 1.165) is 24.0 Å². The molecular formula is C19H30N3O+. The summed E-state index contributed by atoms with van der Waals surface area (Å²) in [6, 6.07) is 10.2. The SMILES string of the molecule is CCCCCC(/C=N/NC(=O)C[N+](C)(C)C)=C\c1ccccc1. The van der Waals surface area contributed by atoms with E-state index in [9.17, 15) is 4.79 Å². The third kappa shape index (κ3) is 9.63. The smallest absolute Gasteiger partial charge is 0.295 e. The van der Waals surface area contributed by atoms with Crippen LogP contribution in [-0.2, 0) is 4.79 Å². The van der Waals surface area contributed by atoms with Crippen LogP contribution in [0.2, 0.25) is 0 Å². The number of likely N-dealkylation sites (N-methyl/N-ethyl adjacent to an activating group) is 1. The van der Waals surface area contributed by atoms with Crippen LogP contribution in [0, 0.1) is 0 Å². The molecule has 0 unspecified atom stereocenters. The Hall–Kier alpha value is -1.94. The van der Waals surface area contributed by atoms with E-state index in [0.29, 0.717) is 11.0 Å². The molecule has 1 amide bonds. The van der Waals surface area contributed by atoms with E-state index in [1.807, 2.05) is 39.3 Å². The Morgan fingerprint density at radius 1 is 1.17 bits per heavy atom. The number of nitrogens with zero attached hydrogens (tertiary/aromatic N) is 2. The van der Waals surface area contributed by atoms with Crippen LogP contribution < -0.4 is 5.43 Å². The topological polar surface area (TPSA) is 41.5 Å². The van der Waals surface area contributed by atoms with Gasteiger partial charge in [-0.2, -0.15) is 5.10 Å². The average molecular weight is 316 g/mol. The van der Waals surface area contributed by atoms with Gasteiger partial charge in [-0.05, 0) is 24.0 Å². The first kappa shape index (κ1) is 19.1. The zero-order valence-corrected chi connectivity index (χ0v) is 14.9. The van der Waals surface area contributed by atoms with Crippen molar-refractivity contribution in [3.8, 4) is 0 Å². The Morgan fingerprint density at radius 2 is 1.87 bits per heavy atom. The predicted octanol–water partition coefficient (Wildman–Crippen LogP) is 3.46. The van der Waals surface area contributed by atoms with E-state index >= 15 is 0 Å². The summed E-state index contributed by atoms with van der Waals surface area (Å²) in [5, 5.41) is 4.13. The molecule has 126 valence electrons. The summed E-state index contributed by atoms with van der Waals surface area (Å²) in [5.41, 5.74) is 4.91. The minimum Gasteiger partial charge on any atom is -0.323 e. The summed E-state index contributed by atoms with van der Waals surface area (Å²) in [6.07, 6.45) is 8.40. The van der Waals surface area contributed by atoms with Crippen LogP contribution >= 0.6 is 0 Å². The highest BCUT2D eigenvalue weighted by Gasteiger charge is 2.13. The van der Waals surface area contributed by atoms with Crippen LogP contribution in [0.1, 0.15) is 38.2 Å². The first-order chi connectivity index (χ1) is 10.9. The van der Waals surface area contributed by atoms with Crippen molar-refractivity contribution >= 4 is 18.2 Å². The average Bonchev–Trinajstić information content (AvgIpc) is 2.46. The molecule has 1 N–H and O–H groups in total. The number of carbonyl (C=O) groups excluding carboxylic acids is 1. The summed E-state index contributed by atoms with van der Waals surface area (Å²) >= 11 is 0. The molecule has 0 fully saturated rings. The first-order valence-electron chi connectivity index (χ1n) is 8.28. The highest BCUT2D eigenvalue weighted by molar-refractivity contribution is 5.86. The molecule has 0 saturated carbocycles. The molecule has 0 aliphatic rings. The maximum Gasteiger partial charge on any atom is 0.295 e. The predicted molar refractivity (Wildman–Crippen MR) is 98.1 cm³/mol. The normalized spacial score (nSPS) is 12.6. The second-order valence-corrected chi connectivity index (χ2v) is 6.83. The monoisotopic (exact) mass is 316 g/mol. The first-order valence-corrected chi connectivity index (χ1v) is 8.28. The molecule has 0 aromatic heterocycles. The molecule has 0 bridgehead atoms. The molecule has 23 heavy (non-hydrogen) atoms. The number of rotatable bonds is 9. The molecule has 0 aliphatic heterocycles. The van der Waals surface area contributed by atoms with Gasteiger partial charge in [-0.3, -0.25) is 4.79 Å². The van der Waals surface area contributed by atoms with Crippen LogP contribution in [0.5, 0.6) is 0 Å². The number of allylic oxidation sites excluding steroid dienone is 1. The minimum absolute atomic E-state index is 0.0682. The van der Waals surface area contributed by atoms with Crippen molar-refractivity contribution < 1.29 is 9.28 Å². The lowest BCUT2D eigenvalue weighted by atomic mass is 10.1. The lowest BCUT2D eigenvalue weighted by molar-refractivity contribution is -0.862. The van der Waals surface area contributed by atoms with E-state index < -0.39 is 0 Å². The van der Waals surface area contributed by atoms with Crippen molar-refractivity contribution in [1.29, 1.82) is 0 Å². The maximum atomic E-state index is 11.8. The van der Waals surface area contributed by atoms with Gasteiger partial charge in [-0.15, -0.1) is 0 Å². The molecule has 4 nitrogen and oxygen atoms in total. The number of carbonyl (C=O) groups is 1. The fourth-order valence-electron chi connectivity index (χ4n) is 2.17. The third-order valence-electron chi connectivity index (χ3n) is 3.26. The van der Waals surface area contributed by atoms with Gasteiger partial charge in [-0.25, -0.2) is 5.43 Å². The van der Waals surface area contributed by atoms with E-state index in [1.54, 1.807) is 6.21 Å². The Morgan fingerprint density at radius 3 is 2.48 bits per heavy atom. The minimum atomic E-state index is -0.0682. The maximum absolute atomic E-state index is 11.8. The Bertz CT molecular complexity index is 527. The number of hydrazone groups is 1. The number of amides is 1. The van der Waals surface area contributed by atoms with Crippen LogP contribution in [-0.4, -0.2) is 44.3 Å². The number of quaternary nitrogens is 1. The van der Waals surface area contributed by atoms with Crippen LogP contribution in [0.15, 0.2) is 41.0 Å². The van der Waals surface area contributed by atoms with Gasteiger partial charge in [0.15, 0.2) is 6.54 Å². The summed E-state index contributed by atoms with van der Waals surface area (Å²) in [6.45, 7) is 2.60. The molecule has 1 aromatic carbocycles. The van der Waals surface area contributed by atoms with Gasteiger partial charge < -0.3 is 4.48 Å². The molecule has 1 rings (SSSR count). The van der Waals surface area contributed by atoms with Crippen LogP contribution in [0.4, 0.5) is 0 Å². The molecule has 0 saturated heterocycles. The second-order valence-electron chi connectivity index (χ2n) is 6.83. The van der Waals surface area contributed by atoms with Crippen LogP contribution in [0.25, 0.3) is 6.08 Å². The van der Waals surface area contributed by atoms with Crippen molar-refractivity contribution in [3.63, 3.8) is 0 Å². The molecule has 1 aromatic rings. The van der Waals surface area contributed by atoms with Gasteiger partial charge in [0.05, 0.1) is 27.4 Å².